The first-order valence-electron chi connectivity index (χ1n) is 3.88. The highest BCUT2D eigenvalue weighted by Crippen LogP contribution is 2.21. The second-order valence-electron chi connectivity index (χ2n) is 3.14. The number of halogens is 1. The second-order valence-corrected chi connectivity index (χ2v) is 6.47. The van der Waals surface area contributed by atoms with E-state index in [1.807, 2.05) is 0 Å². The minimum atomic E-state index is -4.88. The molecule has 0 spiro atoms. The maximum absolute atomic E-state index is 12.7. The smallest absolute Gasteiger partial charge is 0.224 e. The Kier molecular flexibility index (Phi) is 2.88. The van der Waals surface area contributed by atoms with Crippen molar-refractivity contribution in [1.29, 1.82) is 0 Å². The SMILES string of the molecule is Cc1ccc(S(C)(=O)=O)cc1S(=O)(=O)F. The van der Waals surface area contributed by atoms with Crippen LogP contribution in [0.4, 0.5) is 3.89 Å². The first kappa shape index (κ1) is 12.1. The molecule has 84 valence electrons. The van der Waals surface area contributed by atoms with Gasteiger partial charge in [0, 0.05) is 6.26 Å². The molecule has 0 bridgehead atoms. The van der Waals surface area contributed by atoms with Crippen LogP contribution in [0.25, 0.3) is 0 Å². The molecule has 0 saturated heterocycles. The first-order chi connectivity index (χ1) is 6.62. The maximum Gasteiger partial charge on any atom is 0.332 e. The summed E-state index contributed by atoms with van der Waals surface area (Å²) in [4.78, 5) is -0.824. The zero-order chi connectivity index (χ0) is 11.9. The molecule has 1 rings (SSSR count). The van der Waals surface area contributed by atoms with E-state index in [4.69, 9.17) is 0 Å². The largest absolute Gasteiger partial charge is 0.332 e. The van der Waals surface area contributed by atoms with Gasteiger partial charge in [0.1, 0.15) is 4.90 Å². The molecule has 0 aliphatic rings. The van der Waals surface area contributed by atoms with Crippen LogP contribution in [0.1, 0.15) is 5.56 Å². The minimum absolute atomic E-state index is 0.171. The van der Waals surface area contributed by atoms with Crippen molar-refractivity contribution in [2.45, 2.75) is 16.7 Å². The summed E-state index contributed by atoms with van der Waals surface area (Å²) >= 11 is 0. The molecule has 1 aromatic carbocycles. The van der Waals surface area contributed by atoms with E-state index in [1.54, 1.807) is 0 Å². The zero-order valence-corrected chi connectivity index (χ0v) is 9.69. The molecule has 15 heavy (non-hydrogen) atoms. The summed E-state index contributed by atoms with van der Waals surface area (Å²) in [7, 11) is -8.41. The molecule has 0 saturated carbocycles. The Balaban J connectivity index is 3.57. The van der Waals surface area contributed by atoms with Gasteiger partial charge in [-0.25, -0.2) is 8.42 Å². The highest BCUT2D eigenvalue weighted by molar-refractivity contribution is 7.90. The lowest BCUT2D eigenvalue weighted by Gasteiger charge is -2.03. The van der Waals surface area contributed by atoms with Crippen LogP contribution in [-0.2, 0) is 20.1 Å². The molecule has 0 unspecified atom stereocenters. The van der Waals surface area contributed by atoms with E-state index in [1.165, 1.54) is 19.1 Å². The third-order valence-electron chi connectivity index (χ3n) is 1.85. The van der Waals surface area contributed by atoms with E-state index in [2.05, 4.69) is 0 Å². The minimum Gasteiger partial charge on any atom is -0.224 e. The lowest BCUT2D eigenvalue weighted by Crippen LogP contribution is -2.01. The number of rotatable bonds is 2. The summed E-state index contributed by atoms with van der Waals surface area (Å²) in [5.74, 6) is 0. The summed E-state index contributed by atoms with van der Waals surface area (Å²) in [6.45, 7) is 1.39. The van der Waals surface area contributed by atoms with E-state index in [9.17, 15) is 20.7 Å². The number of hydrogen-bond donors (Lipinski definition) is 0. The van der Waals surface area contributed by atoms with Crippen LogP contribution in [0.3, 0.4) is 0 Å². The molecular weight excluding hydrogens is 243 g/mol. The molecule has 0 N–H and O–H groups in total. The standard InChI is InChI=1S/C8H9FO4S2/c1-6-3-4-7(14(2,10)11)5-8(6)15(9,12)13/h3-5H,1-2H3. The van der Waals surface area contributed by atoms with Crippen molar-refractivity contribution in [3.63, 3.8) is 0 Å². The van der Waals surface area contributed by atoms with Gasteiger partial charge in [-0.3, -0.25) is 0 Å². The summed E-state index contributed by atoms with van der Waals surface area (Å²) in [5, 5.41) is 0. The molecule has 7 heteroatoms. The predicted molar refractivity (Wildman–Crippen MR) is 52.6 cm³/mol. The van der Waals surface area contributed by atoms with Crippen molar-refractivity contribution in [3.8, 4) is 0 Å². The first-order valence-corrected chi connectivity index (χ1v) is 7.15. The van der Waals surface area contributed by atoms with Gasteiger partial charge in [0.2, 0.25) is 0 Å². The Morgan fingerprint density at radius 3 is 2.07 bits per heavy atom. The van der Waals surface area contributed by atoms with Gasteiger partial charge in [-0.05, 0) is 24.6 Å². The van der Waals surface area contributed by atoms with Crippen LogP contribution in [0.15, 0.2) is 28.0 Å². The lowest BCUT2D eigenvalue weighted by atomic mass is 10.2. The molecule has 0 aliphatic heterocycles. The Hall–Kier alpha value is -0.950. The van der Waals surface area contributed by atoms with Crippen LogP contribution in [0.5, 0.6) is 0 Å². The van der Waals surface area contributed by atoms with Crippen LogP contribution in [0.2, 0.25) is 0 Å². The molecule has 0 aromatic heterocycles. The van der Waals surface area contributed by atoms with Crippen LogP contribution < -0.4 is 0 Å². The van der Waals surface area contributed by atoms with Crippen LogP contribution in [-0.4, -0.2) is 23.1 Å². The maximum atomic E-state index is 12.7. The zero-order valence-electron chi connectivity index (χ0n) is 8.06. The summed E-state index contributed by atoms with van der Waals surface area (Å²) in [5.41, 5.74) is 0.171. The topological polar surface area (TPSA) is 68.3 Å². The monoisotopic (exact) mass is 252 g/mol. The van der Waals surface area contributed by atoms with Crippen molar-refractivity contribution >= 4 is 20.1 Å². The van der Waals surface area contributed by atoms with E-state index < -0.39 is 25.0 Å². The average molecular weight is 252 g/mol. The van der Waals surface area contributed by atoms with Gasteiger partial charge in [0.25, 0.3) is 0 Å². The summed E-state index contributed by atoms with van der Waals surface area (Å²) in [6, 6.07) is 3.31. The number of aryl methyl sites for hydroxylation is 1. The molecule has 0 atom stereocenters. The summed E-state index contributed by atoms with van der Waals surface area (Å²) < 4.78 is 56.3. The van der Waals surface area contributed by atoms with Gasteiger partial charge < -0.3 is 0 Å². The van der Waals surface area contributed by atoms with Crippen molar-refractivity contribution in [1.82, 2.24) is 0 Å². The molecular formula is C8H9FO4S2. The molecule has 0 aliphatic carbocycles. The van der Waals surface area contributed by atoms with E-state index in [-0.39, 0.29) is 10.5 Å². The summed E-state index contributed by atoms with van der Waals surface area (Å²) in [6.07, 6.45) is 0.923. The fraction of sp³-hybridized carbons (Fsp3) is 0.250. The third-order valence-corrected chi connectivity index (χ3v) is 3.93. The number of sulfone groups is 1. The number of hydrogen-bond acceptors (Lipinski definition) is 4. The fourth-order valence-electron chi connectivity index (χ4n) is 1.07. The highest BCUT2D eigenvalue weighted by atomic mass is 32.3. The van der Waals surface area contributed by atoms with E-state index >= 15 is 0 Å². The van der Waals surface area contributed by atoms with Crippen molar-refractivity contribution < 1.29 is 20.7 Å². The van der Waals surface area contributed by atoms with Gasteiger partial charge in [-0.2, -0.15) is 8.42 Å². The lowest BCUT2D eigenvalue weighted by molar-refractivity contribution is 0.551. The second kappa shape index (κ2) is 3.57. The van der Waals surface area contributed by atoms with Gasteiger partial charge >= 0.3 is 10.2 Å². The molecule has 0 fully saturated rings. The Labute approximate surface area is 87.9 Å². The van der Waals surface area contributed by atoms with E-state index in [0.29, 0.717) is 0 Å². The van der Waals surface area contributed by atoms with Crippen molar-refractivity contribution in [2.24, 2.45) is 0 Å². The molecule has 0 radical (unpaired) electrons. The Morgan fingerprint density at radius 2 is 1.67 bits per heavy atom. The molecule has 4 nitrogen and oxygen atoms in total. The normalized spacial score (nSPS) is 12.7. The molecule has 1 aromatic rings. The van der Waals surface area contributed by atoms with Gasteiger partial charge in [-0.1, -0.05) is 6.07 Å². The Morgan fingerprint density at radius 1 is 1.13 bits per heavy atom. The van der Waals surface area contributed by atoms with Crippen LogP contribution in [0, 0.1) is 6.92 Å². The van der Waals surface area contributed by atoms with E-state index in [0.717, 1.165) is 12.3 Å². The Bertz CT molecular complexity index is 587. The van der Waals surface area contributed by atoms with Gasteiger partial charge in [0.05, 0.1) is 4.90 Å². The predicted octanol–water partition coefficient (Wildman–Crippen LogP) is 1.06. The molecule has 0 amide bonds. The van der Waals surface area contributed by atoms with Crippen LogP contribution >= 0.6 is 0 Å². The van der Waals surface area contributed by atoms with Gasteiger partial charge in [0.15, 0.2) is 9.84 Å². The molecule has 0 heterocycles. The van der Waals surface area contributed by atoms with Crippen molar-refractivity contribution in [3.05, 3.63) is 23.8 Å². The quantitative estimate of drug-likeness (QED) is 0.738. The highest BCUT2D eigenvalue weighted by Gasteiger charge is 2.18. The van der Waals surface area contributed by atoms with Gasteiger partial charge in [-0.15, -0.1) is 3.89 Å². The average Bonchev–Trinajstić information content (AvgIpc) is 2.00. The van der Waals surface area contributed by atoms with Crippen molar-refractivity contribution in [2.75, 3.05) is 6.26 Å². The fourth-order valence-corrected chi connectivity index (χ4v) is 2.52. The number of benzene rings is 1. The third kappa shape index (κ3) is 2.75.